The van der Waals surface area contributed by atoms with Crippen LogP contribution in [0.2, 0.25) is 0 Å². The lowest BCUT2D eigenvalue weighted by Crippen LogP contribution is -3.11. The second-order valence-corrected chi connectivity index (χ2v) is 7.69. The molecule has 0 aromatic heterocycles. The van der Waals surface area contributed by atoms with Gasteiger partial charge in [0.15, 0.2) is 0 Å². The van der Waals surface area contributed by atoms with E-state index in [1.54, 1.807) is 0 Å². The summed E-state index contributed by atoms with van der Waals surface area (Å²) in [6.45, 7) is 2.27. The van der Waals surface area contributed by atoms with Crippen LogP contribution in [0.1, 0.15) is 24.4 Å². The van der Waals surface area contributed by atoms with Gasteiger partial charge in [-0.15, -0.1) is 0 Å². The van der Waals surface area contributed by atoms with Gasteiger partial charge in [0.05, 0.1) is 25.3 Å². The SMILES string of the molecule is CN(C)c1ccc([C@H](CNC(=O)C(=O)Nc2cc(F)ccc2F)[NH+]2CCCC2)cc1. The molecule has 2 aromatic carbocycles. The highest BCUT2D eigenvalue weighted by Gasteiger charge is 2.28. The molecule has 1 heterocycles. The van der Waals surface area contributed by atoms with E-state index < -0.39 is 23.4 Å². The molecule has 160 valence electrons. The quantitative estimate of drug-likeness (QED) is 0.625. The zero-order chi connectivity index (χ0) is 21.7. The summed E-state index contributed by atoms with van der Waals surface area (Å²) in [6, 6.07) is 10.8. The van der Waals surface area contributed by atoms with Crippen LogP contribution in [0, 0.1) is 11.6 Å². The van der Waals surface area contributed by atoms with Crippen LogP contribution < -0.4 is 20.4 Å². The molecule has 30 heavy (non-hydrogen) atoms. The molecule has 0 unspecified atom stereocenters. The van der Waals surface area contributed by atoms with Crippen molar-refractivity contribution >= 4 is 23.2 Å². The molecule has 0 saturated carbocycles. The predicted octanol–water partition coefficient (Wildman–Crippen LogP) is 1.51. The fraction of sp³-hybridized carbons (Fsp3) is 0.364. The molecule has 1 fully saturated rings. The largest absolute Gasteiger partial charge is 0.378 e. The molecular formula is C22H27F2N4O2+. The minimum atomic E-state index is -1.03. The van der Waals surface area contributed by atoms with Crippen molar-refractivity contribution in [3.8, 4) is 0 Å². The highest BCUT2D eigenvalue weighted by Crippen LogP contribution is 2.17. The van der Waals surface area contributed by atoms with Gasteiger partial charge in [-0.05, 0) is 24.3 Å². The van der Waals surface area contributed by atoms with Crippen molar-refractivity contribution in [1.29, 1.82) is 0 Å². The molecule has 2 amide bonds. The smallest absolute Gasteiger partial charge is 0.313 e. The maximum absolute atomic E-state index is 13.7. The van der Waals surface area contributed by atoms with Crippen molar-refractivity contribution in [1.82, 2.24) is 5.32 Å². The lowest BCUT2D eigenvalue weighted by Gasteiger charge is -2.25. The lowest BCUT2D eigenvalue weighted by atomic mass is 10.0. The Balaban J connectivity index is 1.66. The Labute approximate surface area is 174 Å². The molecule has 3 rings (SSSR count). The maximum atomic E-state index is 13.7. The molecule has 0 radical (unpaired) electrons. The number of nitrogens with one attached hydrogen (secondary N) is 3. The van der Waals surface area contributed by atoms with E-state index in [1.165, 1.54) is 4.90 Å². The van der Waals surface area contributed by atoms with Gasteiger partial charge in [0.2, 0.25) is 0 Å². The Morgan fingerprint density at radius 1 is 1.03 bits per heavy atom. The minimum Gasteiger partial charge on any atom is -0.378 e. The van der Waals surface area contributed by atoms with E-state index in [4.69, 9.17) is 0 Å². The van der Waals surface area contributed by atoms with E-state index in [2.05, 4.69) is 10.6 Å². The third-order valence-corrected chi connectivity index (χ3v) is 5.40. The standard InChI is InChI=1S/C22H26F2N4O2/c1-27(2)17-8-5-15(6-9-17)20(28-11-3-4-12-28)14-25-21(29)22(30)26-19-13-16(23)7-10-18(19)24/h5-10,13,20H,3-4,11-12,14H2,1-2H3,(H,25,29)(H,26,30)/p+1/t20-/m0/s1. The average molecular weight is 417 g/mol. The number of carbonyl (C=O) groups is 2. The van der Waals surface area contributed by atoms with Gasteiger partial charge in [0, 0.05) is 44.3 Å². The lowest BCUT2D eigenvalue weighted by molar-refractivity contribution is -0.918. The van der Waals surface area contributed by atoms with Gasteiger partial charge >= 0.3 is 11.8 Å². The molecule has 1 atom stereocenters. The van der Waals surface area contributed by atoms with Gasteiger partial charge in [-0.1, -0.05) is 12.1 Å². The van der Waals surface area contributed by atoms with Crippen LogP contribution >= 0.6 is 0 Å². The van der Waals surface area contributed by atoms with Crippen molar-refractivity contribution in [2.75, 3.05) is 43.9 Å². The summed E-state index contributed by atoms with van der Waals surface area (Å²) >= 11 is 0. The Bertz CT molecular complexity index is 897. The van der Waals surface area contributed by atoms with Crippen LogP contribution in [-0.4, -0.2) is 45.5 Å². The molecule has 1 aliphatic rings. The first kappa shape index (κ1) is 21.7. The Morgan fingerprint density at radius 3 is 2.33 bits per heavy atom. The topological polar surface area (TPSA) is 65.9 Å². The fourth-order valence-corrected chi connectivity index (χ4v) is 3.73. The number of hydrogen-bond donors (Lipinski definition) is 3. The van der Waals surface area contributed by atoms with Crippen LogP contribution in [0.4, 0.5) is 20.2 Å². The maximum Gasteiger partial charge on any atom is 0.313 e. The van der Waals surface area contributed by atoms with E-state index in [0.717, 1.165) is 55.4 Å². The normalized spacial score (nSPS) is 14.9. The zero-order valence-electron chi connectivity index (χ0n) is 17.2. The number of anilines is 2. The fourth-order valence-electron chi connectivity index (χ4n) is 3.73. The number of amides is 2. The van der Waals surface area contributed by atoms with Crippen LogP contribution in [0.25, 0.3) is 0 Å². The van der Waals surface area contributed by atoms with Gasteiger partial charge in [-0.2, -0.15) is 0 Å². The van der Waals surface area contributed by atoms with E-state index >= 15 is 0 Å². The van der Waals surface area contributed by atoms with E-state index in [0.29, 0.717) is 0 Å². The third kappa shape index (κ3) is 5.33. The molecule has 1 saturated heterocycles. The summed E-state index contributed by atoms with van der Waals surface area (Å²) in [5.41, 5.74) is 1.79. The number of rotatable bonds is 6. The van der Waals surface area contributed by atoms with Crippen LogP contribution in [0.15, 0.2) is 42.5 Å². The number of carbonyl (C=O) groups excluding carboxylic acids is 2. The number of hydrogen-bond acceptors (Lipinski definition) is 3. The molecule has 0 bridgehead atoms. The molecule has 1 aliphatic heterocycles. The minimum absolute atomic E-state index is 0.00590. The molecule has 6 nitrogen and oxygen atoms in total. The van der Waals surface area contributed by atoms with Crippen molar-refractivity contribution in [3.63, 3.8) is 0 Å². The van der Waals surface area contributed by atoms with Gasteiger partial charge < -0.3 is 20.4 Å². The molecule has 0 aliphatic carbocycles. The summed E-state index contributed by atoms with van der Waals surface area (Å²) in [5, 5.41) is 4.78. The molecule has 3 N–H and O–H groups in total. The highest BCUT2D eigenvalue weighted by molar-refractivity contribution is 6.39. The van der Waals surface area contributed by atoms with Crippen molar-refractivity contribution in [2.24, 2.45) is 0 Å². The van der Waals surface area contributed by atoms with Gasteiger partial charge in [-0.3, -0.25) is 9.59 Å². The highest BCUT2D eigenvalue weighted by atomic mass is 19.1. The first-order valence-corrected chi connectivity index (χ1v) is 10.0. The molecule has 8 heteroatoms. The number of benzene rings is 2. The molecule has 2 aromatic rings. The van der Waals surface area contributed by atoms with Gasteiger partial charge in [0.25, 0.3) is 0 Å². The van der Waals surface area contributed by atoms with Crippen molar-refractivity contribution in [3.05, 3.63) is 59.7 Å². The van der Waals surface area contributed by atoms with Crippen LogP contribution in [-0.2, 0) is 9.59 Å². The second-order valence-electron chi connectivity index (χ2n) is 7.69. The van der Waals surface area contributed by atoms with Gasteiger partial charge in [0.1, 0.15) is 17.7 Å². The summed E-state index contributed by atoms with van der Waals surface area (Å²) in [7, 11) is 3.94. The van der Waals surface area contributed by atoms with Crippen molar-refractivity contribution < 1.29 is 23.3 Å². The first-order chi connectivity index (χ1) is 14.3. The molecular weight excluding hydrogens is 390 g/mol. The Hall–Kier alpha value is -3.00. The average Bonchev–Trinajstić information content (AvgIpc) is 3.25. The summed E-state index contributed by atoms with van der Waals surface area (Å²) in [6.07, 6.45) is 2.24. The molecule has 0 spiro atoms. The number of likely N-dealkylation sites (tertiary alicyclic amines) is 1. The second kappa shape index (κ2) is 9.67. The monoisotopic (exact) mass is 417 g/mol. The van der Waals surface area contributed by atoms with Crippen LogP contribution in [0.3, 0.4) is 0 Å². The zero-order valence-corrected chi connectivity index (χ0v) is 17.2. The van der Waals surface area contributed by atoms with E-state index in [1.807, 2.05) is 43.3 Å². The number of nitrogens with zero attached hydrogens (tertiary/aromatic N) is 1. The first-order valence-electron chi connectivity index (χ1n) is 10.0. The number of halogens is 2. The summed E-state index contributed by atoms with van der Waals surface area (Å²) in [4.78, 5) is 27.8. The van der Waals surface area contributed by atoms with Crippen molar-refractivity contribution in [2.45, 2.75) is 18.9 Å². The predicted molar refractivity (Wildman–Crippen MR) is 111 cm³/mol. The third-order valence-electron chi connectivity index (χ3n) is 5.40. The summed E-state index contributed by atoms with van der Waals surface area (Å²) in [5.74, 6) is -3.42. The van der Waals surface area contributed by atoms with Gasteiger partial charge in [-0.25, -0.2) is 8.78 Å². The van der Waals surface area contributed by atoms with E-state index in [-0.39, 0.29) is 18.3 Å². The Kier molecular flexibility index (Phi) is 6.99. The van der Waals surface area contributed by atoms with Crippen LogP contribution in [0.5, 0.6) is 0 Å². The Morgan fingerprint density at radius 2 is 1.70 bits per heavy atom. The van der Waals surface area contributed by atoms with E-state index in [9.17, 15) is 18.4 Å². The summed E-state index contributed by atoms with van der Waals surface area (Å²) < 4.78 is 27.0. The number of quaternary nitrogens is 1.